The van der Waals surface area contributed by atoms with Crippen molar-refractivity contribution >= 4 is 0 Å². The normalized spacial score (nSPS) is 26.8. The molecule has 0 radical (unpaired) electrons. The highest BCUT2D eigenvalue weighted by Crippen LogP contribution is 2.48. The van der Waals surface area contributed by atoms with Gasteiger partial charge < -0.3 is 0 Å². The molecule has 0 spiro atoms. The Kier molecular flexibility index (Phi) is 2.97. The van der Waals surface area contributed by atoms with E-state index in [1.54, 1.807) is 0 Å². The first-order chi connectivity index (χ1) is 10.3. The fraction of sp³-hybridized carbons (Fsp3) is 0.300. The molecule has 0 saturated carbocycles. The molecule has 2 aromatic rings. The van der Waals surface area contributed by atoms with Crippen molar-refractivity contribution in [3.63, 3.8) is 0 Å². The Bertz CT molecular complexity index is 688. The molecule has 2 aliphatic heterocycles. The second-order valence-corrected chi connectivity index (χ2v) is 6.25. The summed E-state index contributed by atoms with van der Waals surface area (Å²) in [6.45, 7) is 7.30. The topological polar surface area (TPSA) is 3.24 Å². The van der Waals surface area contributed by atoms with Crippen LogP contribution in [0, 0.1) is 0 Å². The van der Waals surface area contributed by atoms with Gasteiger partial charge in [0.25, 0.3) is 0 Å². The summed E-state index contributed by atoms with van der Waals surface area (Å²) in [5, 5.41) is 0. The monoisotopic (exact) mass is 275 g/mol. The summed E-state index contributed by atoms with van der Waals surface area (Å²) in [5.41, 5.74) is 6.08. The molecule has 1 heteroatoms. The maximum absolute atomic E-state index is 3.97. The summed E-state index contributed by atoms with van der Waals surface area (Å²) in [6, 6.07) is 19.0. The van der Waals surface area contributed by atoms with Crippen LogP contribution in [0.25, 0.3) is 0 Å². The minimum Gasteiger partial charge on any atom is -0.289 e. The van der Waals surface area contributed by atoms with E-state index < -0.39 is 0 Å². The molecule has 2 heterocycles. The van der Waals surface area contributed by atoms with Crippen molar-refractivity contribution < 1.29 is 0 Å². The number of nitrogens with zero attached hydrogens (tertiary/aromatic N) is 1. The van der Waals surface area contributed by atoms with Crippen LogP contribution in [0.1, 0.15) is 41.1 Å². The number of hydrogen-bond acceptors (Lipinski definition) is 1. The van der Waals surface area contributed by atoms with Gasteiger partial charge in [-0.25, -0.2) is 0 Å². The number of fused-ring (bicyclic) bond motifs is 1. The Morgan fingerprint density at radius 2 is 1.71 bits per heavy atom. The van der Waals surface area contributed by atoms with Crippen LogP contribution in [0.2, 0.25) is 0 Å². The molecule has 3 atom stereocenters. The van der Waals surface area contributed by atoms with Gasteiger partial charge in [-0.3, -0.25) is 4.90 Å². The molecule has 2 aromatic carbocycles. The van der Waals surface area contributed by atoms with Crippen LogP contribution in [0.15, 0.2) is 61.2 Å². The van der Waals surface area contributed by atoms with Crippen LogP contribution in [0.5, 0.6) is 0 Å². The van der Waals surface area contributed by atoms with E-state index in [2.05, 4.69) is 66.9 Å². The molecule has 0 aromatic heterocycles. The maximum Gasteiger partial charge on any atom is 0.0397 e. The highest BCUT2D eigenvalue weighted by atomic mass is 15.2. The van der Waals surface area contributed by atoms with Gasteiger partial charge in [0.1, 0.15) is 0 Å². The van der Waals surface area contributed by atoms with Gasteiger partial charge >= 0.3 is 0 Å². The second kappa shape index (κ2) is 4.85. The lowest BCUT2D eigenvalue weighted by Gasteiger charge is -2.43. The van der Waals surface area contributed by atoms with Crippen molar-refractivity contribution in [1.29, 1.82) is 0 Å². The van der Waals surface area contributed by atoms with E-state index >= 15 is 0 Å². The predicted molar refractivity (Wildman–Crippen MR) is 87.5 cm³/mol. The van der Waals surface area contributed by atoms with Crippen molar-refractivity contribution in [2.45, 2.75) is 31.3 Å². The maximum atomic E-state index is 3.97. The van der Waals surface area contributed by atoms with E-state index in [1.807, 2.05) is 6.08 Å². The average Bonchev–Trinajstić information content (AvgIpc) is 2.73. The van der Waals surface area contributed by atoms with E-state index in [1.165, 1.54) is 22.3 Å². The van der Waals surface area contributed by atoms with Gasteiger partial charge in [0, 0.05) is 24.5 Å². The molecule has 3 aliphatic rings. The molecule has 106 valence electrons. The molecule has 0 unspecified atom stereocenters. The van der Waals surface area contributed by atoms with Crippen LogP contribution < -0.4 is 0 Å². The quantitative estimate of drug-likeness (QED) is 0.738. The average molecular weight is 275 g/mol. The summed E-state index contributed by atoms with van der Waals surface area (Å²) in [6.07, 6.45) is 3.16. The number of hydrogen-bond donors (Lipinski definition) is 0. The van der Waals surface area contributed by atoms with Crippen molar-refractivity contribution in [3.8, 4) is 0 Å². The van der Waals surface area contributed by atoms with Crippen molar-refractivity contribution in [3.05, 3.63) is 83.4 Å². The zero-order valence-electron chi connectivity index (χ0n) is 12.5. The lowest BCUT2D eigenvalue weighted by atomic mass is 9.79. The molecule has 0 N–H and O–H groups in total. The first-order valence-corrected chi connectivity index (χ1v) is 7.84. The van der Waals surface area contributed by atoms with Crippen LogP contribution in [0.3, 0.4) is 0 Å². The zero-order chi connectivity index (χ0) is 14.4. The van der Waals surface area contributed by atoms with Gasteiger partial charge in [0.05, 0.1) is 0 Å². The minimum absolute atomic E-state index is 0.481. The Morgan fingerprint density at radius 1 is 1.05 bits per heavy atom. The highest BCUT2D eigenvalue weighted by Gasteiger charge is 2.42. The molecular weight excluding hydrogens is 254 g/mol. The molecule has 0 saturated heterocycles. The molecule has 0 amide bonds. The smallest absolute Gasteiger partial charge is 0.0397 e. The van der Waals surface area contributed by atoms with Crippen molar-refractivity contribution in [2.75, 3.05) is 6.54 Å². The summed E-state index contributed by atoms with van der Waals surface area (Å²) in [7, 11) is 0. The van der Waals surface area contributed by atoms with Crippen LogP contribution in [0.4, 0.5) is 0 Å². The van der Waals surface area contributed by atoms with E-state index in [0.29, 0.717) is 18.0 Å². The number of benzene rings is 2. The van der Waals surface area contributed by atoms with Crippen molar-refractivity contribution in [1.82, 2.24) is 4.90 Å². The third-order valence-electron chi connectivity index (χ3n) is 5.24. The highest BCUT2D eigenvalue weighted by molar-refractivity contribution is 5.50. The molecule has 21 heavy (non-hydrogen) atoms. The molecule has 1 aliphatic carbocycles. The molecule has 0 fully saturated rings. The van der Waals surface area contributed by atoms with Gasteiger partial charge in [0.15, 0.2) is 0 Å². The Labute approximate surface area is 126 Å². The van der Waals surface area contributed by atoms with Gasteiger partial charge in [-0.1, -0.05) is 54.6 Å². The molecule has 5 rings (SSSR count). The van der Waals surface area contributed by atoms with E-state index in [9.17, 15) is 0 Å². The molecular formula is C20H21N. The van der Waals surface area contributed by atoms with Crippen LogP contribution >= 0.6 is 0 Å². The SMILES string of the molecule is C=CCN1[C@@H]2Cc3ccccc3[C@@H](c3ccccc32)[C@H]1C. The predicted octanol–water partition coefficient (Wildman–Crippen LogP) is 4.31. The first-order valence-electron chi connectivity index (χ1n) is 7.84. The Hall–Kier alpha value is -1.86. The van der Waals surface area contributed by atoms with Gasteiger partial charge in [-0.05, 0) is 35.6 Å². The Balaban J connectivity index is 1.97. The first kappa shape index (κ1) is 12.8. The van der Waals surface area contributed by atoms with Gasteiger partial charge in [-0.15, -0.1) is 6.58 Å². The van der Waals surface area contributed by atoms with E-state index in [0.717, 1.165) is 13.0 Å². The second-order valence-electron chi connectivity index (χ2n) is 6.25. The summed E-state index contributed by atoms with van der Waals surface area (Å²) in [4.78, 5) is 2.62. The minimum atomic E-state index is 0.481. The van der Waals surface area contributed by atoms with Crippen LogP contribution in [-0.2, 0) is 6.42 Å². The molecule has 1 nitrogen and oxygen atoms in total. The van der Waals surface area contributed by atoms with E-state index in [4.69, 9.17) is 0 Å². The fourth-order valence-corrected chi connectivity index (χ4v) is 4.34. The fourth-order valence-electron chi connectivity index (χ4n) is 4.34. The third-order valence-corrected chi connectivity index (χ3v) is 5.24. The lowest BCUT2D eigenvalue weighted by molar-refractivity contribution is 0.139. The van der Waals surface area contributed by atoms with Gasteiger partial charge in [0.2, 0.25) is 0 Å². The largest absolute Gasteiger partial charge is 0.289 e. The summed E-state index contributed by atoms with van der Waals surface area (Å²) < 4.78 is 0. The summed E-state index contributed by atoms with van der Waals surface area (Å²) >= 11 is 0. The van der Waals surface area contributed by atoms with Crippen molar-refractivity contribution in [2.24, 2.45) is 0 Å². The third kappa shape index (κ3) is 1.81. The standard InChI is InChI=1S/C20H21N/c1-3-12-21-14(2)20-16-9-5-4-8-15(16)13-19(21)17-10-6-7-11-18(17)20/h3-11,14,19-20H,1,12-13H2,2H3/t14-,19-,20+/m1/s1. The van der Waals surface area contributed by atoms with E-state index in [-0.39, 0.29) is 0 Å². The lowest BCUT2D eigenvalue weighted by Crippen LogP contribution is -2.43. The number of rotatable bonds is 2. The van der Waals surface area contributed by atoms with Gasteiger partial charge in [-0.2, -0.15) is 0 Å². The zero-order valence-corrected chi connectivity index (χ0v) is 12.5. The molecule has 2 bridgehead atoms. The summed E-state index contributed by atoms with van der Waals surface area (Å²) in [5.74, 6) is 0.482. The Morgan fingerprint density at radius 3 is 2.48 bits per heavy atom. The van der Waals surface area contributed by atoms with Crippen LogP contribution in [-0.4, -0.2) is 17.5 Å².